The van der Waals surface area contributed by atoms with Crippen molar-refractivity contribution in [2.24, 2.45) is 0 Å². The normalized spacial score (nSPS) is 10.8. The summed E-state index contributed by atoms with van der Waals surface area (Å²) >= 11 is 3.25. The molecule has 3 aromatic rings. The van der Waals surface area contributed by atoms with Gasteiger partial charge in [0.2, 0.25) is 5.95 Å². The van der Waals surface area contributed by atoms with Crippen molar-refractivity contribution in [3.63, 3.8) is 0 Å². The molecule has 0 unspecified atom stereocenters. The predicted molar refractivity (Wildman–Crippen MR) is 81.0 cm³/mol. The lowest BCUT2D eigenvalue weighted by Gasteiger charge is -2.08. The van der Waals surface area contributed by atoms with Crippen molar-refractivity contribution in [1.82, 2.24) is 15.0 Å². The zero-order chi connectivity index (χ0) is 13.1. The minimum atomic E-state index is 0.666. The maximum absolute atomic E-state index is 4.51. The van der Waals surface area contributed by atoms with Crippen LogP contribution in [0.2, 0.25) is 0 Å². The van der Waals surface area contributed by atoms with E-state index in [9.17, 15) is 0 Å². The number of nitrogens with one attached hydrogen (secondary N) is 2. The molecule has 0 fully saturated rings. The Kier molecular flexibility index (Phi) is 3.56. The van der Waals surface area contributed by atoms with E-state index in [1.54, 1.807) is 22.7 Å². The van der Waals surface area contributed by atoms with Gasteiger partial charge in [0.05, 0.1) is 11.9 Å². The van der Waals surface area contributed by atoms with E-state index in [1.165, 1.54) is 0 Å². The van der Waals surface area contributed by atoms with Crippen molar-refractivity contribution in [3.05, 3.63) is 28.0 Å². The molecule has 5 nitrogen and oxygen atoms in total. The van der Waals surface area contributed by atoms with Crippen LogP contribution in [-0.4, -0.2) is 21.5 Å². The summed E-state index contributed by atoms with van der Waals surface area (Å²) in [5.41, 5.74) is 0. The molecule has 3 rings (SSSR count). The first-order valence-corrected chi connectivity index (χ1v) is 7.74. The number of fused-ring (bicyclic) bond motifs is 1. The van der Waals surface area contributed by atoms with Crippen LogP contribution < -0.4 is 10.6 Å². The second-order valence-electron chi connectivity index (χ2n) is 3.84. The van der Waals surface area contributed by atoms with Gasteiger partial charge in [-0.1, -0.05) is 0 Å². The number of thiophene rings is 1. The van der Waals surface area contributed by atoms with E-state index in [4.69, 9.17) is 0 Å². The number of rotatable bonds is 5. The highest BCUT2D eigenvalue weighted by molar-refractivity contribution is 7.16. The summed E-state index contributed by atoms with van der Waals surface area (Å²) in [6, 6.07) is 2.04. The molecule has 0 amide bonds. The summed E-state index contributed by atoms with van der Waals surface area (Å²) in [5, 5.41) is 12.6. The van der Waals surface area contributed by atoms with Crippen LogP contribution in [0.4, 0.5) is 11.8 Å². The largest absolute Gasteiger partial charge is 0.363 e. The average Bonchev–Trinajstić information content (AvgIpc) is 3.07. The van der Waals surface area contributed by atoms with Crippen molar-refractivity contribution in [3.8, 4) is 0 Å². The van der Waals surface area contributed by atoms with Gasteiger partial charge in [0.15, 0.2) is 0 Å². The van der Waals surface area contributed by atoms with Gasteiger partial charge in [0.25, 0.3) is 0 Å². The lowest BCUT2D eigenvalue weighted by molar-refractivity contribution is 1.06. The fourth-order valence-electron chi connectivity index (χ4n) is 1.73. The quantitative estimate of drug-likeness (QED) is 0.756. The summed E-state index contributed by atoms with van der Waals surface area (Å²) in [4.78, 5) is 14.2. The van der Waals surface area contributed by atoms with E-state index < -0.39 is 0 Å². The van der Waals surface area contributed by atoms with Gasteiger partial charge < -0.3 is 10.6 Å². The molecule has 0 atom stereocenters. The van der Waals surface area contributed by atoms with E-state index in [0.717, 1.165) is 27.6 Å². The zero-order valence-electron chi connectivity index (χ0n) is 10.4. The Balaban J connectivity index is 1.89. The van der Waals surface area contributed by atoms with E-state index in [1.807, 2.05) is 29.9 Å². The van der Waals surface area contributed by atoms with Gasteiger partial charge in [-0.3, -0.25) is 0 Å². The molecule has 0 aliphatic carbocycles. The van der Waals surface area contributed by atoms with Crippen LogP contribution in [0.1, 0.15) is 11.9 Å². The van der Waals surface area contributed by atoms with Crippen LogP contribution in [0.15, 0.2) is 23.0 Å². The molecule has 0 aliphatic heterocycles. The zero-order valence-corrected chi connectivity index (χ0v) is 12.0. The Morgan fingerprint density at radius 2 is 2.11 bits per heavy atom. The molecule has 98 valence electrons. The summed E-state index contributed by atoms with van der Waals surface area (Å²) in [7, 11) is 0. The molecule has 19 heavy (non-hydrogen) atoms. The van der Waals surface area contributed by atoms with Crippen LogP contribution >= 0.6 is 22.7 Å². The molecule has 0 saturated carbocycles. The Morgan fingerprint density at radius 3 is 2.89 bits per heavy atom. The molecular formula is C12H13N5S2. The van der Waals surface area contributed by atoms with E-state index >= 15 is 0 Å². The van der Waals surface area contributed by atoms with Crippen LogP contribution in [0, 0.1) is 0 Å². The number of thiazole rings is 1. The third-order valence-corrected chi connectivity index (χ3v) is 4.14. The lowest BCUT2D eigenvalue weighted by atomic mass is 10.4. The van der Waals surface area contributed by atoms with Gasteiger partial charge in [-0.05, 0) is 18.4 Å². The Labute approximate surface area is 118 Å². The van der Waals surface area contributed by atoms with Gasteiger partial charge in [0, 0.05) is 18.1 Å². The number of hydrogen-bond donors (Lipinski definition) is 2. The standard InChI is InChI=1S/C12H13N5S2/c1-2-13-12-16-10(8-3-5-19-11(8)17-12)15-7-9-14-4-6-18-9/h3-6H,2,7H2,1H3,(H2,13,15,16,17). The highest BCUT2D eigenvalue weighted by atomic mass is 32.1. The second kappa shape index (κ2) is 5.50. The number of hydrogen-bond acceptors (Lipinski definition) is 7. The van der Waals surface area contributed by atoms with Gasteiger partial charge in [-0.15, -0.1) is 22.7 Å². The average molecular weight is 291 g/mol. The molecule has 2 N–H and O–H groups in total. The number of nitrogens with zero attached hydrogens (tertiary/aromatic N) is 3. The molecule has 0 aliphatic rings. The van der Waals surface area contributed by atoms with E-state index in [0.29, 0.717) is 12.5 Å². The lowest BCUT2D eigenvalue weighted by Crippen LogP contribution is -2.06. The second-order valence-corrected chi connectivity index (χ2v) is 5.72. The molecule has 3 heterocycles. The number of anilines is 2. The summed E-state index contributed by atoms with van der Waals surface area (Å²) in [6.07, 6.45) is 1.81. The third-order valence-electron chi connectivity index (χ3n) is 2.55. The molecule has 0 saturated heterocycles. The smallest absolute Gasteiger partial charge is 0.226 e. The van der Waals surface area contributed by atoms with Crippen molar-refractivity contribution in [2.75, 3.05) is 17.2 Å². The van der Waals surface area contributed by atoms with Gasteiger partial charge in [-0.25, -0.2) is 9.97 Å². The Hall–Kier alpha value is -1.73. The van der Waals surface area contributed by atoms with Crippen molar-refractivity contribution in [1.29, 1.82) is 0 Å². The predicted octanol–water partition coefficient (Wildman–Crippen LogP) is 3.19. The van der Waals surface area contributed by atoms with Gasteiger partial charge >= 0.3 is 0 Å². The fraction of sp³-hybridized carbons (Fsp3) is 0.250. The summed E-state index contributed by atoms with van der Waals surface area (Å²) in [5.74, 6) is 1.52. The van der Waals surface area contributed by atoms with Crippen LogP contribution in [0.5, 0.6) is 0 Å². The number of aromatic nitrogens is 3. The highest BCUT2D eigenvalue weighted by Gasteiger charge is 2.08. The SMILES string of the molecule is CCNc1nc(NCc2nccs2)c2ccsc2n1. The highest BCUT2D eigenvalue weighted by Crippen LogP contribution is 2.26. The molecule has 0 radical (unpaired) electrons. The molecular weight excluding hydrogens is 278 g/mol. The minimum absolute atomic E-state index is 0.666. The van der Waals surface area contributed by atoms with Crippen molar-refractivity contribution >= 4 is 44.7 Å². The Bertz CT molecular complexity index is 662. The maximum atomic E-state index is 4.51. The van der Waals surface area contributed by atoms with E-state index in [-0.39, 0.29) is 0 Å². The van der Waals surface area contributed by atoms with Crippen molar-refractivity contribution < 1.29 is 0 Å². The molecule has 7 heteroatoms. The first-order chi connectivity index (χ1) is 9.36. The maximum Gasteiger partial charge on any atom is 0.226 e. The molecule has 3 aromatic heterocycles. The fourth-order valence-corrected chi connectivity index (χ4v) is 3.05. The molecule has 0 bridgehead atoms. The van der Waals surface area contributed by atoms with Crippen LogP contribution in [-0.2, 0) is 6.54 Å². The van der Waals surface area contributed by atoms with E-state index in [2.05, 4.69) is 25.6 Å². The first kappa shape index (κ1) is 12.3. The summed E-state index contributed by atoms with van der Waals surface area (Å²) in [6.45, 7) is 3.53. The minimum Gasteiger partial charge on any atom is -0.363 e. The topological polar surface area (TPSA) is 62.7 Å². The van der Waals surface area contributed by atoms with Crippen LogP contribution in [0.3, 0.4) is 0 Å². The molecule has 0 spiro atoms. The Morgan fingerprint density at radius 1 is 1.16 bits per heavy atom. The monoisotopic (exact) mass is 291 g/mol. The van der Waals surface area contributed by atoms with Gasteiger partial charge in [0.1, 0.15) is 15.7 Å². The first-order valence-electron chi connectivity index (χ1n) is 5.98. The van der Waals surface area contributed by atoms with Crippen molar-refractivity contribution in [2.45, 2.75) is 13.5 Å². The van der Waals surface area contributed by atoms with Crippen LogP contribution in [0.25, 0.3) is 10.2 Å². The van der Waals surface area contributed by atoms with Gasteiger partial charge in [-0.2, -0.15) is 4.98 Å². The third kappa shape index (κ3) is 2.66. The summed E-state index contributed by atoms with van der Waals surface area (Å²) < 4.78 is 0. The molecule has 0 aromatic carbocycles.